The van der Waals surface area contributed by atoms with Crippen LogP contribution in [-0.2, 0) is 6.54 Å². The quantitative estimate of drug-likeness (QED) is 0.843. The summed E-state index contributed by atoms with van der Waals surface area (Å²) in [5.41, 5.74) is 1.68. The molecule has 1 fully saturated rings. The molecule has 1 aliphatic rings. The highest BCUT2D eigenvalue weighted by Crippen LogP contribution is 2.08. The fourth-order valence-electron chi connectivity index (χ4n) is 1.89. The molecule has 0 saturated carbocycles. The number of likely N-dealkylation sites (tertiary alicyclic amines) is 1. The van der Waals surface area contributed by atoms with Crippen molar-refractivity contribution in [1.29, 1.82) is 0 Å². The second kappa shape index (κ2) is 5.61. The average Bonchev–Trinajstić information content (AvgIpc) is 2.39. The highest BCUT2D eigenvalue weighted by atomic mass is 16.2. The van der Waals surface area contributed by atoms with Crippen molar-refractivity contribution in [2.24, 2.45) is 0 Å². The van der Waals surface area contributed by atoms with Crippen LogP contribution in [0.25, 0.3) is 0 Å². The van der Waals surface area contributed by atoms with Crippen LogP contribution >= 0.6 is 0 Å². The van der Waals surface area contributed by atoms with Crippen molar-refractivity contribution in [3.05, 3.63) is 23.8 Å². The number of piperidine rings is 1. The molecule has 2 rings (SSSR count). The van der Waals surface area contributed by atoms with Crippen molar-refractivity contribution in [3.8, 4) is 0 Å². The van der Waals surface area contributed by atoms with Gasteiger partial charge >= 0.3 is 6.03 Å². The summed E-state index contributed by atoms with van der Waals surface area (Å²) in [6.07, 6.45) is 6.86. The fraction of sp³-hybridized carbons (Fsp3) is 0.583. The van der Waals surface area contributed by atoms with Gasteiger partial charge in [-0.25, -0.2) is 4.79 Å². The van der Waals surface area contributed by atoms with Crippen LogP contribution in [0.3, 0.4) is 0 Å². The zero-order valence-corrected chi connectivity index (χ0v) is 10.1. The first-order valence-corrected chi connectivity index (χ1v) is 6.06. The maximum atomic E-state index is 11.8. The number of nitrogens with one attached hydrogen (secondary N) is 1. The van der Waals surface area contributed by atoms with E-state index < -0.39 is 0 Å². The molecule has 0 spiro atoms. The van der Waals surface area contributed by atoms with Gasteiger partial charge < -0.3 is 10.2 Å². The molecule has 1 N–H and O–H groups in total. The number of aryl methyl sites for hydroxylation is 1. The summed E-state index contributed by atoms with van der Waals surface area (Å²) < 4.78 is 0. The summed E-state index contributed by atoms with van der Waals surface area (Å²) in [4.78, 5) is 22.0. The number of urea groups is 1. The van der Waals surface area contributed by atoms with E-state index in [2.05, 4.69) is 15.3 Å². The second-order valence-electron chi connectivity index (χ2n) is 4.36. The van der Waals surface area contributed by atoms with E-state index in [-0.39, 0.29) is 6.03 Å². The molecule has 1 saturated heterocycles. The van der Waals surface area contributed by atoms with Gasteiger partial charge in [-0.15, -0.1) is 0 Å². The lowest BCUT2D eigenvalue weighted by Gasteiger charge is -2.26. The third-order valence-corrected chi connectivity index (χ3v) is 2.90. The number of hydrogen-bond donors (Lipinski definition) is 1. The summed E-state index contributed by atoms with van der Waals surface area (Å²) >= 11 is 0. The lowest BCUT2D eigenvalue weighted by Crippen LogP contribution is -2.42. The number of rotatable bonds is 2. The van der Waals surface area contributed by atoms with Crippen LogP contribution in [0.4, 0.5) is 4.79 Å². The molecule has 1 aliphatic heterocycles. The normalized spacial score (nSPS) is 15.7. The summed E-state index contributed by atoms with van der Waals surface area (Å²) in [7, 11) is 0. The number of aromatic nitrogens is 2. The molecule has 0 aromatic carbocycles. The molecule has 0 bridgehead atoms. The Labute approximate surface area is 101 Å². The Kier molecular flexibility index (Phi) is 3.90. The zero-order valence-electron chi connectivity index (χ0n) is 10.1. The molecule has 0 aliphatic carbocycles. The molecule has 0 atom stereocenters. The first-order chi connectivity index (χ1) is 8.25. The minimum absolute atomic E-state index is 0.00655. The van der Waals surface area contributed by atoms with Crippen molar-refractivity contribution in [3.63, 3.8) is 0 Å². The number of nitrogens with zero attached hydrogens (tertiary/aromatic N) is 3. The van der Waals surface area contributed by atoms with E-state index >= 15 is 0 Å². The Morgan fingerprint density at radius 1 is 1.29 bits per heavy atom. The third-order valence-electron chi connectivity index (χ3n) is 2.90. The standard InChI is InChI=1S/C12H18N4O/c1-10-7-14-11(8-13-10)9-15-12(17)16-5-3-2-4-6-16/h7-8H,2-6,9H2,1H3,(H,15,17). The van der Waals surface area contributed by atoms with Crippen LogP contribution in [0, 0.1) is 6.92 Å². The van der Waals surface area contributed by atoms with E-state index in [1.54, 1.807) is 12.4 Å². The van der Waals surface area contributed by atoms with Gasteiger partial charge in [-0.3, -0.25) is 9.97 Å². The van der Waals surface area contributed by atoms with E-state index in [0.29, 0.717) is 6.54 Å². The van der Waals surface area contributed by atoms with Gasteiger partial charge in [-0.2, -0.15) is 0 Å². The third kappa shape index (κ3) is 3.41. The molecule has 1 aromatic heterocycles. The zero-order chi connectivity index (χ0) is 12.1. The van der Waals surface area contributed by atoms with Crippen LogP contribution < -0.4 is 5.32 Å². The summed E-state index contributed by atoms with van der Waals surface area (Å²) in [5.74, 6) is 0. The predicted octanol–water partition coefficient (Wildman–Crippen LogP) is 1.48. The van der Waals surface area contributed by atoms with Gasteiger partial charge in [-0.1, -0.05) is 0 Å². The van der Waals surface area contributed by atoms with Crippen LogP contribution in [0.5, 0.6) is 0 Å². The van der Waals surface area contributed by atoms with E-state index in [0.717, 1.165) is 37.3 Å². The SMILES string of the molecule is Cc1cnc(CNC(=O)N2CCCCC2)cn1. The number of amides is 2. The molecule has 2 amide bonds. The molecule has 2 heterocycles. The Morgan fingerprint density at radius 2 is 2.06 bits per heavy atom. The van der Waals surface area contributed by atoms with Gasteiger partial charge in [0.25, 0.3) is 0 Å². The number of hydrogen-bond acceptors (Lipinski definition) is 3. The van der Waals surface area contributed by atoms with Gasteiger partial charge in [0.1, 0.15) is 0 Å². The summed E-state index contributed by atoms with van der Waals surface area (Å²) in [6.45, 7) is 4.07. The second-order valence-corrected chi connectivity index (χ2v) is 4.36. The maximum absolute atomic E-state index is 11.8. The van der Waals surface area contributed by atoms with Gasteiger partial charge in [0.15, 0.2) is 0 Å². The molecule has 5 heteroatoms. The largest absolute Gasteiger partial charge is 0.332 e. The molecule has 5 nitrogen and oxygen atoms in total. The highest BCUT2D eigenvalue weighted by Gasteiger charge is 2.15. The monoisotopic (exact) mass is 234 g/mol. The van der Waals surface area contributed by atoms with Crippen LogP contribution in [-0.4, -0.2) is 34.0 Å². The minimum Gasteiger partial charge on any atom is -0.332 e. The molecule has 0 unspecified atom stereocenters. The van der Waals surface area contributed by atoms with Crippen molar-refractivity contribution in [2.75, 3.05) is 13.1 Å². The molecule has 17 heavy (non-hydrogen) atoms. The average molecular weight is 234 g/mol. The van der Waals surface area contributed by atoms with Gasteiger partial charge in [0, 0.05) is 19.3 Å². The summed E-state index contributed by atoms with van der Waals surface area (Å²) in [6, 6.07) is 0.00655. The van der Waals surface area contributed by atoms with Crippen molar-refractivity contribution in [2.45, 2.75) is 32.7 Å². The van der Waals surface area contributed by atoms with Crippen LogP contribution in [0.2, 0.25) is 0 Å². The van der Waals surface area contributed by atoms with Gasteiger partial charge in [0.2, 0.25) is 0 Å². The number of carbonyl (C=O) groups is 1. The van der Waals surface area contributed by atoms with Gasteiger partial charge in [0.05, 0.1) is 24.1 Å². The molecule has 0 radical (unpaired) electrons. The molecule has 1 aromatic rings. The van der Waals surface area contributed by atoms with E-state index in [4.69, 9.17) is 0 Å². The first kappa shape index (κ1) is 11.8. The Hall–Kier alpha value is -1.65. The van der Waals surface area contributed by atoms with Crippen LogP contribution in [0.15, 0.2) is 12.4 Å². The fourth-order valence-corrected chi connectivity index (χ4v) is 1.89. The lowest BCUT2D eigenvalue weighted by molar-refractivity contribution is 0.186. The maximum Gasteiger partial charge on any atom is 0.317 e. The van der Waals surface area contributed by atoms with Crippen molar-refractivity contribution < 1.29 is 4.79 Å². The van der Waals surface area contributed by atoms with Crippen molar-refractivity contribution >= 4 is 6.03 Å². The Bertz CT molecular complexity index is 371. The van der Waals surface area contributed by atoms with Crippen molar-refractivity contribution in [1.82, 2.24) is 20.2 Å². The van der Waals surface area contributed by atoms with Gasteiger partial charge in [-0.05, 0) is 26.2 Å². The first-order valence-electron chi connectivity index (χ1n) is 6.06. The van der Waals surface area contributed by atoms with E-state index in [9.17, 15) is 4.79 Å². The lowest BCUT2D eigenvalue weighted by atomic mass is 10.1. The highest BCUT2D eigenvalue weighted by molar-refractivity contribution is 5.74. The Morgan fingerprint density at radius 3 is 2.71 bits per heavy atom. The molecular formula is C12H18N4O. The summed E-state index contributed by atoms with van der Waals surface area (Å²) in [5, 5.41) is 2.87. The Balaban J connectivity index is 1.81. The smallest absolute Gasteiger partial charge is 0.317 e. The number of carbonyl (C=O) groups excluding carboxylic acids is 1. The van der Waals surface area contributed by atoms with Crippen LogP contribution in [0.1, 0.15) is 30.7 Å². The molecule has 92 valence electrons. The topological polar surface area (TPSA) is 58.1 Å². The molecular weight excluding hydrogens is 216 g/mol. The minimum atomic E-state index is 0.00655. The van der Waals surface area contributed by atoms with E-state index in [1.165, 1.54) is 6.42 Å². The van der Waals surface area contributed by atoms with E-state index in [1.807, 2.05) is 11.8 Å². The predicted molar refractivity (Wildman–Crippen MR) is 64.4 cm³/mol.